The van der Waals surface area contributed by atoms with Gasteiger partial charge in [0.1, 0.15) is 11.8 Å². The molecule has 1 atom stereocenters. The topological polar surface area (TPSA) is 87.2 Å². The Hall–Kier alpha value is -3.68. The van der Waals surface area contributed by atoms with Gasteiger partial charge in [-0.2, -0.15) is 0 Å². The van der Waals surface area contributed by atoms with Crippen molar-refractivity contribution in [3.63, 3.8) is 0 Å². The third-order valence-corrected chi connectivity index (χ3v) is 6.10. The van der Waals surface area contributed by atoms with E-state index in [9.17, 15) is 19.2 Å². The van der Waals surface area contributed by atoms with Gasteiger partial charge in [-0.3, -0.25) is 24.1 Å². The lowest BCUT2D eigenvalue weighted by molar-refractivity contribution is -0.141. The van der Waals surface area contributed by atoms with Crippen LogP contribution in [0.15, 0.2) is 48.5 Å². The Morgan fingerprint density at radius 3 is 1.97 bits per heavy atom. The molecular weight excluding hydrogens is 422 g/mol. The zero-order valence-corrected chi connectivity index (χ0v) is 18.8. The molecule has 8 heteroatoms. The van der Waals surface area contributed by atoms with Gasteiger partial charge in [0.25, 0.3) is 11.8 Å². The fourth-order valence-corrected chi connectivity index (χ4v) is 4.27. The molecule has 0 spiro atoms. The molecule has 0 radical (unpaired) electrons. The molecule has 4 rings (SSSR count). The summed E-state index contributed by atoms with van der Waals surface area (Å²) in [5.74, 6) is -0.406. The van der Waals surface area contributed by atoms with Gasteiger partial charge in [-0.1, -0.05) is 24.3 Å². The van der Waals surface area contributed by atoms with Crippen LogP contribution in [0.25, 0.3) is 0 Å². The monoisotopic (exact) mass is 449 g/mol. The van der Waals surface area contributed by atoms with E-state index in [1.807, 2.05) is 31.2 Å². The summed E-state index contributed by atoms with van der Waals surface area (Å²) < 4.78 is 5.43. The van der Waals surface area contributed by atoms with E-state index < -0.39 is 17.9 Å². The molecule has 1 unspecified atom stereocenters. The number of piperazine rings is 1. The molecule has 0 bridgehead atoms. The van der Waals surface area contributed by atoms with E-state index in [2.05, 4.69) is 0 Å². The van der Waals surface area contributed by atoms with E-state index in [4.69, 9.17) is 4.74 Å². The SMILES string of the molecule is CCOc1ccc(CC(=O)N2CCN(C(=O)C(C)N3C(=O)c4ccccc4C3=O)CC2)cc1. The molecule has 2 aliphatic rings. The Morgan fingerprint density at radius 2 is 1.42 bits per heavy atom. The number of carbonyl (C=O) groups excluding carboxylic acids is 4. The second kappa shape index (κ2) is 9.44. The van der Waals surface area contributed by atoms with E-state index in [0.717, 1.165) is 16.2 Å². The van der Waals surface area contributed by atoms with Crippen LogP contribution in [0.3, 0.4) is 0 Å². The molecule has 2 aromatic rings. The van der Waals surface area contributed by atoms with Gasteiger partial charge in [0, 0.05) is 26.2 Å². The lowest BCUT2D eigenvalue weighted by atomic mass is 10.1. The molecule has 2 heterocycles. The summed E-state index contributed by atoms with van der Waals surface area (Å²) in [6, 6.07) is 13.2. The summed E-state index contributed by atoms with van der Waals surface area (Å²) in [6.45, 7) is 5.64. The second-order valence-corrected chi connectivity index (χ2v) is 8.16. The van der Waals surface area contributed by atoms with Crippen LogP contribution in [0.2, 0.25) is 0 Å². The Labute approximate surface area is 192 Å². The lowest BCUT2D eigenvalue weighted by Gasteiger charge is -2.37. The molecule has 0 N–H and O–H groups in total. The number of benzene rings is 2. The van der Waals surface area contributed by atoms with Gasteiger partial charge in [0.05, 0.1) is 24.2 Å². The number of hydrogen-bond acceptors (Lipinski definition) is 5. The molecule has 172 valence electrons. The minimum Gasteiger partial charge on any atom is -0.494 e. The van der Waals surface area contributed by atoms with Gasteiger partial charge in [0.15, 0.2) is 0 Å². The van der Waals surface area contributed by atoms with Crippen LogP contribution in [-0.2, 0) is 16.0 Å². The normalized spacial score (nSPS) is 16.6. The van der Waals surface area contributed by atoms with Crippen LogP contribution in [0, 0.1) is 0 Å². The Balaban J connectivity index is 1.32. The maximum absolute atomic E-state index is 13.0. The van der Waals surface area contributed by atoms with Gasteiger partial charge in [-0.25, -0.2) is 0 Å². The molecule has 0 saturated carbocycles. The van der Waals surface area contributed by atoms with Gasteiger partial charge < -0.3 is 14.5 Å². The Bertz CT molecular complexity index is 1040. The van der Waals surface area contributed by atoms with Crippen molar-refractivity contribution in [2.45, 2.75) is 26.3 Å². The van der Waals surface area contributed by atoms with E-state index in [-0.39, 0.29) is 18.2 Å². The average molecular weight is 450 g/mol. The number of carbonyl (C=O) groups is 4. The first-order chi connectivity index (χ1) is 15.9. The van der Waals surface area contributed by atoms with Crippen LogP contribution in [0.5, 0.6) is 5.75 Å². The van der Waals surface area contributed by atoms with E-state index in [0.29, 0.717) is 43.9 Å². The number of rotatable bonds is 6. The third kappa shape index (κ3) is 4.46. The molecular formula is C25H27N3O5. The van der Waals surface area contributed by atoms with Crippen molar-refractivity contribution < 1.29 is 23.9 Å². The van der Waals surface area contributed by atoms with E-state index in [1.165, 1.54) is 0 Å². The van der Waals surface area contributed by atoms with Gasteiger partial charge in [0.2, 0.25) is 11.8 Å². The van der Waals surface area contributed by atoms with Crippen molar-refractivity contribution in [1.29, 1.82) is 0 Å². The molecule has 2 aromatic carbocycles. The van der Waals surface area contributed by atoms with Crippen molar-refractivity contribution >= 4 is 23.6 Å². The molecule has 0 aliphatic carbocycles. The summed E-state index contributed by atoms with van der Waals surface area (Å²) in [7, 11) is 0. The number of nitrogens with zero attached hydrogens (tertiary/aromatic N) is 3. The van der Waals surface area contributed by atoms with E-state index >= 15 is 0 Å². The quantitative estimate of drug-likeness (QED) is 0.630. The Kier molecular flexibility index (Phi) is 6.44. The highest BCUT2D eigenvalue weighted by atomic mass is 16.5. The summed E-state index contributed by atoms with van der Waals surface area (Å²) in [4.78, 5) is 55.5. The minimum atomic E-state index is -0.900. The molecule has 0 aromatic heterocycles. The van der Waals surface area contributed by atoms with Crippen LogP contribution >= 0.6 is 0 Å². The average Bonchev–Trinajstić information content (AvgIpc) is 3.09. The van der Waals surface area contributed by atoms with Gasteiger partial charge in [-0.05, 0) is 43.7 Å². The van der Waals surface area contributed by atoms with Gasteiger partial charge >= 0.3 is 0 Å². The second-order valence-electron chi connectivity index (χ2n) is 8.16. The fraction of sp³-hybridized carbons (Fsp3) is 0.360. The highest BCUT2D eigenvalue weighted by Crippen LogP contribution is 2.25. The largest absolute Gasteiger partial charge is 0.494 e. The first kappa shape index (κ1) is 22.5. The predicted molar refractivity (Wildman–Crippen MR) is 121 cm³/mol. The lowest BCUT2D eigenvalue weighted by Crippen LogP contribution is -2.56. The first-order valence-electron chi connectivity index (χ1n) is 11.2. The van der Waals surface area contributed by atoms with Crippen LogP contribution in [0.1, 0.15) is 40.1 Å². The van der Waals surface area contributed by atoms with Crippen molar-refractivity contribution in [3.8, 4) is 5.75 Å². The molecule has 8 nitrogen and oxygen atoms in total. The summed E-state index contributed by atoms with van der Waals surface area (Å²) in [5.41, 5.74) is 1.56. The number of imide groups is 1. The molecule has 33 heavy (non-hydrogen) atoms. The Morgan fingerprint density at radius 1 is 0.879 bits per heavy atom. The molecule has 1 saturated heterocycles. The maximum atomic E-state index is 13.0. The van der Waals surface area contributed by atoms with Crippen LogP contribution in [-0.4, -0.2) is 77.2 Å². The third-order valence-electron chi connectivity index (χ3n) is 6.10. The predicted octanol–water partition coefficient (Wildman–Crippen LogP) is 1.98. The minimum absolute atomic E-state index is 0.000319. The smallest absolute Gasteiger partial charge is 0.262 e. The van der Waals surface area contributed by atoms with Crippen molar-refractivity contribution in [2.24, 2.45) is 0 Å². The zero-order chi connectivity index (χ0) is 23.5. The maximum Gasteiger partial charge on any atom is 0.262 e. The van der Waals surface area contributed by atoms with Crippen LogP contribution < -0.4 is 4.74 Å². The van der Waals surface area contributed by atoms with Crippen molar-refractivity contribution in [3.05, 3.63) is 65.2 Å². The number of amides is 4. The standard InChI is InChI=1S/C25H27N3O5/c1-3-33-19-10-8-18(9-11-19)16-22(29)26-12-14-27(15-13-26)23(30)17(2)28-24(31)20-6-4-5-7-21(20)25(28)32/h4-11,17H,3,12-16H2,1-2H3. The number of hydrogen-bond donors (Lipinski definition) is 0. The summed E-state index contributed by atoms with van der Waals surface area (Å²) in [6.07, 6.45) is 0.284. The zero-order valence-electron chi connectivity index (χ0n) is 18.8. The van der Waals surface area contributed by atoms with Gasteiger partial charge in [-0.15, -0.1) is 0 Å². The van der Waals surface area contributed by atoms with Crippen LogP contribution in [0.4, 0.5) is 0 Å². The summed E-state index contributed by atoms with van der Waals surface area (Å²) in [5, 5.41) is 0. The highest BCUT2D eigenvalue weighted by molar-refractivity contribution is 6.22. The molecule has 1 fully saturated rings. The fourth-order valence-electron chi connectivity index (χ4n) is 4.27. The first-order valence-corrected chi connectivity index (χ1v) is 11.2. The number of fused-ring (bicyclic) bond motifs is 1. The summed E-state index contributed by atoms with van der Waals surface area (Å²) >= 11 is 0. The highest BCUT2D eigenvalue weighted by Gasteiger charge is 2.42. The molecule has 4 amide bonds. The molecule has 2 aliphatic heterocycles. The number of ether oxygens (including phenoxy) is 1. The van der Waals surface area contributed by atoms with Crippen molar-refractivity contribution in [2.75, 3.05) is 32.8 Å². The van der Waals surface area contributed by atoms with E-state index in [1.54, 1.807) is 41.0 Å². The van der Waals surface area contributed by atoms with Crippen molar-refractivity contribution in [1.82, 2.24) is 14.7 Å².